The van der Waals surface area contributed by atoms with Gasteiger partial charge in [0.15, 0.2) is 5.58 Å². The summed E-state index contributed by atoms with van der Waals surface area (Å²) in [5.74, 6) is 0. The number of nitrogens with two attached hydrogens (primary N) is 1. The first-order valence-electron chi connectivity index (χ1n) is 4.62. The molecule has 0 saturated carbocycles. The van der Waals surface area contributed by atoms with Crippen LogP contribution in [0.4, 0.5) is 6.01 Å². The molecule has 0 bridgehead atoms. The number of nitrogens with one attached hydrogen (secondary N) is 1. The zero-order valence-corrected chi connectivity index (χ0v) is 8.03. The molecule has 4 heteroatoms. The molecule has 0 fully saturated rings. The van der Waals surface area contributed by atoms with Crippen molar-refractivity contribution < 1.29 is 4.42 Å². The van der Waals surface area contributed by atoms with Crippen molar-refractivity contribution >= 4 is 17.1 Å². The minimum Gasteiger partial charge on any atom is -0.424 e. The van der Waals surface area contributed by atoms with Gasteiger partial charge in [0.25, 0.3) is 6.01 Å². The fraction of sp³-hybridized carbons (Fsp3) is 0.300. The van der Waals surface area contributed by atoms with Crippen LogP contribution in [-0.2, 0) is 0 Å². The highest BCUT2D eigenvalue weighted by Gasteiger charge is 2.06. The summed E-state index contributed by atoms with van der Waals surface area (Å²) in [6.45, 7) is 2.54. The van der Waals surface area contributed by atoms with E-state index in [1.165, 1.54) is 0 Å². The Labute approximate surface area is 82.1 Å². The van der Waals surface area contributed by atoms with Gasteiger partial charge in [-0.3, -0.25) is 0 Å². The van der Waals surface area contributed by atoms with E-state index in [1.807, 2.05) is 31.2 Å². The first-order valence-corrected chi connectivity index (χ1v) is 4.62. The van der Waals surface area contributed by atoms with Crippen molar-refractivity contribution in [3.8, 4) is 0 Å². The maximum Gasteiger partial charge on any atom is 0.295 e. The number of nitrogens with zero attached hydrogens (tertiary/aromatic N) is 1. The molecule has 4 nitrogen and oxygen atoms in total. The zero-order valence-electron chi connectivity index (χ0n) is 8.03. The Morgan fingerprint density at radius 2 is 2.29 bits per heavy atom. The van der Waals surface area contributed by atoms with Gasteiger partial charge in [0.2, 0.25) is 0 Å². The van der Waals surface area contributed by atoms with Crippen molar-refractivity contribution in [1.29, 1.82) is 0 Å². The monoisotopic (exact) mass is 191 g/mol. The molecular formula is C10H13N3O. The number of para-hydroxylation sites is 2. The van der Waals surface area contributed by atoms with Gasteiger partial charge in [-0.25, -0.2) is 0 Å². The number of hydrogen-bond donors (Lipinski definition) is 2. The number of aromatic nitrogens is 1. The molecule has 2 aromatic rings. The summed E-state index contributed by atoms with van der Waals surface area (Å²) in [7, 11) is 0. The number of anilines is 1. The van der Waals surface area contributed by atoms with Crippen LogP contribution in [-0.4, -0.2) is 17.6 Å². The Morgan fingerprint density at radius 3 is 3.00 bits per heavy atom. The first kappa shape index (κ1) is 9.02. The van der Waals surface area contributed by atoms with Gasteiger partial charge in [-0.1, -0.05) is 12.1 Å². The molecule has 74 valence electrons. The molecule has 14 heavy (non-hydrogen) atoms. The lowest BCUT2D eigenvalue weighted by Gasteiger charge is -2.07. The van der Waals surface area contributed by atoms with E-state index in [0.717, 1.165) is 11.1 Å². The van der Waals surface area contributed by atoms with Gasteiger partial charge in [-0.2, -0.15) is 4.98 Å². The minimum atomic E-state index is 0.170. The molecule has 0 aliphatic heterocycles. The van der Waals surface area contributed by atoms with E-state index < -0.39 is 0 Å². The third-order valence-corrected chi connectivity index (χ3v) is 2.02. The standard InChI is InChI=1S/C10H13N3O/c1-7(6-11)12-10-13-8-4-2-3-5-9(8)14-10/h2-5,7H,6,11H2,1H3,(H,12,13). The van der Waals surface area contributed by atoms with Crippen molar-refractivity contribution in [2.75, 3.05) is 11.9 Å². The lowest BCUT2D eigenvalue weighted by Crippen LogP contribution is -2.25. The highest BCUT2D eigenvalue weighted by Crippen LogP contribution is 2.18. The molecule has 3 N–H and O–H groups in total. The fourth-order valence-electron chi connectivity index (χ4n) is 1.20. The molecule has 0 aliphatic carbocycles. The van der Waals surface area contributed by atoms with Crippen LogP contribution in [0.5, 0.6) is 0 Å². The van der Waals surface area contributed by atoms with Gasteiger partial charge >= 0.3 is 0 Å². The van der Waals surface area contributed by atoms with Gasteiger partial charge in [-0.05, 0) is 19.1 Å². The summed E-state index contributed by atoms with van der Waals surface area (Å²) in [4.78, 5) is 4.27. The highest BCUT2D eigenvalue weighted by molar-refractivity contribution is 5.74. The Bertz CT molecular complexity index is 391. The van der Waals surface area contributed by atoms with E-state index in [1.54, 1.807) is 0 Å². The van der Waals surface area contributed by atoms with E-state index in [4.69, 9.17) is 10.2 Å². The Balaban J connectivity index is 2.27. The fourth-order valence-corrected chi connectivity index (χ4v) is 1.20. The average Bonchev–Trinajstić information content (AvgIpc) is 2.59. The highest BCUT2D eigenvalue weighted by atomic mass is 16.4. The van der Waals surface area contributed by atoms with Crippen LogP contribution in [0.2, 0.25) is 0 Å². The topological polar surface area (TPSA) is 64.1 Å². The van der Waals surface area contributed by atoms with Crippen molar-refractivity contribution in [3.05, 3.63) is 24.3 Å². The molecular weight excluding hydrogens is 178 g/mol. The molecule has 1 aromatic carbocycles. The lowest BCUT2D eigenvalue weighted by atomic mass is 10.3. The molecule has 0 aliphatic rings. The Kier molecular flexibility index (Phi) is 2.37. The molecule has 0 amide bonds. The molecule has 0 radical (unpaired) electrons. The van der Waals surface area contributed by atoms with Gasteiger partial charge in [-0.15, -0.1) is 0 Å². The predicted octanol–water partition coefficient (Wildman–Crippen LogP) is 1.59. The zero-order chi connectivity index (χ0) is 9.97. The number of benzene rings is 1. The normalized spacial score (nSPS) is 13.0. The van der Waals surface area contributed by atoms with Gasteiger partial charge in [0, 0.05) is 12.6 Å². The quantitative estimate of drug-likeness (QED) is 0.773. The second-order valence-electron chi connectivity index (χ2n) is 3.27. The molecule has 1 heterocycles. The summed E-state index contributed by atoms with van der Waals surface area (Å²) >= 11 is 0. The van der Waals surface area contributed by atoms with Crippen LogP contribution in [0.1, 0.15) is 6.92 Å². The van der Waals surface area contributed by atoms with E-state index >= 15 is 0 Å². The average molecular weight is 191 g/mol. The van der Waals surface area contributed by atoms with Gasteiger partial charge in [0.1, 0.15) is 5.52 Å². The molecule has 0 saturated heterocycles. The number of rotatable bonds is 3. The van der Waals surface area contributed by atoms with Crippen molar-refractivity contribution in [1.82, 2.24) is 4.98 Å². The maximum absolute atomic E-state index is 5.48. The summed E-state index contributed by atoms with van der Waals surface area (Å²) in [5.41, 5.74) is 7.13. The Hall–Kier alpha value is -1.55. The molecule has 2 rings (SSSR count). The maximum atomic E-state index is 5.48. The number of oxazole rings is 1. The van der Waals surface area contributed by atoms with Gasteiger partial charge in [0.05, 0.1) is 0 Å². The van der Waals surface area contributed by atoms with Crippen LogP contribution in [0.3, 0.4) is 0 Å². The molecule has 1 aromatic heterocycles. The Morgan fingerprint density at radius 1 is 1.50 bits per heavy atom. The summed E-state index contributed by atoms with van der Waals surface area (Å²) in [6.07, 6.45) is 0. The van der Waals surface area contributed by atoms with Gasteiger partial charge < -0.3 is 15.5 Å². The van der Waals surface area contributed by atoms with Crippen LogP contribution < -0.4 is 11.1 Å². The second kappa shape index (κ2) is 3.67. The van der Waals surface area contributed by atoms with E-state index in [9.17, 15) is 0 Å². The van der Waals surface area contributed by atoms with E-state index in [0.29, 0.717) is 12.6 Å². The third kappa shape index (κ3) is 1.70. The van der Waals surface area contributed by atoms with Crippen LogP contribution in [0.25, 0.3) is 11.1 Å². The summed E-state index contributed by atoms with van der Waals surface area (Å²) < 4.78 is 5.46. The predicted molar refractivity (Wildman–Crippen MR) is 56.1 cm³/mol. The second-order valence-corrected chi connectivity index (χ2v) is 3.27. The minimum absolute atomic E-state index is 0.170. The van der Waals surface area contributed by atoms with Crippen LogP contribution in [0, 0.1) is 0 Å². The summed E-state index contributed by atoms with van der Waals surface area (Å²) in [6, 6.07) is 8.36. The molecule has 1 atom stereocenters. The van der Waals surface area contributed by atoms with Crippen LogP contribution in [0.15, 0.2) is 28.7 Å². The van der Waals surface area contributed by atoms with E-state index in [2.05, 4.69) is 10.3 Å². The largest absolute Gasteiger partial charge is 0.424 e. The first-order chi connectivity index (χ1) is 6.79. The third-order valence-electron chi connectivity index (χ3n) is 2.02. The molecule has 1 unspecified atom stereocenters. The molecule has 0 spiro atoms. The van der Waals surface area contributed by atoms with Crippen molar-refractivity contribution in [2.45, 2.75) is 13.0 Å². The smallest absolute Gasteiger partial charge is 0.295 e. The van der Waals surface area contributed by atoms with Crippen molar-refractivity contribution in [3.63, 3.8) is 0 Å². The number of hydrogen-bond acceptors (Lipinski definition) is 4. The SMILES string of the molecule is CC(CN)Nc1nc2ccccc2o1. The van der Waals surface area contributed by atoms with Crippen molar-refractivity contribution in [2.24, 2.45) is 5.73 Å². The number of fused-ring (bicyclic) bond motifs is 1. The van der Waals surface area contributed by atoms with Crippen LogP contribution >= 0.6 is 0 Å². The lowest BCUT2D eigenvalue weighted by molar-refractivity contribution is 0.601. The van der Waals surface area contributed by atoms with E-state index in [-0.39, 0.29) is 6.04 Å². The summed E-state index contributed by atoms with van der Waals surface area (Å²) in [5, 5.41) is 3.08.